The van der Waals surface area contributed by atoms with Gasteiger partial charge in [0.05, 0.1) is 16.7 Å². The highest BCUT2D eigenvalue weighted by Crippen LogP contribution is 2.25. The Hall–Kier alpha value is -2.19. The van der Waals surface area contributed by atoms with Crippen LogP contribution in [0.3, 0.4) is 0 Å². The van der Waals surface area contributed by atoms with E-state index in [9.17, 15) is 13.2 Å². The highest BCUT2D eigenvalue weighted by Gasteiger charge is 2.29. The maximum absolute atomic E-state index is 12.9. The number of carbonyl (C=O) groups excluding carboxylic acids is 1. The molecule has 1 amide bonds. The Morgan fingerprint density at radius 1 is 1.21 bits per heavy atom. The number of benzene rings is 1. The minimum atomic E-state index is -3.46. The van der Waals surface area contributed by atoms with Crippen molar-refractivity contribution in [2.45, 2.75) is 37.5 Å². The molecule has 7 nitrogen and oxygen atoms in total. The van der Waals surface area contributed by atoms with Crippen LogP contribution in [0, 0.1) is 5.92 Å². The fraction of sp³-hybridized carbons (Fsp3) is 0.500. The van der Waals surface area contributed by atoms with Crippen LogP contribution in [-0.4, -0.2) is 48.0 Å². The third kappa shape index (κ3) is 4.62. The SMILES string of the molecule is CC(C)c1ccc(S(=O)(=O)N2CCC(CNC(=O)c3cnn(C)c3)CC2)cc1. The lowest BCUT2D eigenvalue weighted by atomic mass is 9.98. The number of hydrogen-bond acceptors (Lipinski definition) is 4. The first kappa shape index (κ1) is 20.5. The second kappa shape index (κ2) is 8.45. The fourth-order valence-corrected chi connectivity index (χ4v) is 4.87. The minimum absolute atomic E-state index is 0.145. The smallest absolute Gasteiger partial charge is 0.254 e. The molecule has 0 atom stereocenters. The molecule has 2 heterocycles. The van der Waals surface area contributed by atoms with Crippen LogP contribution in [0.15, 0.2) is 41.6 Å². The molecule has 152 valence electrons. The molecular formula is C20H28N4O3S. The maximum Gasteiger partial charge on any atom is 0.254 e. The van der Waals surface area contributed by atoms with Gasteiger partial charge in [-0.2, -0.15) is 9.40 Å². The highest BCUT2D eigenvalue weighted by molar-refractivity contribution is 7.89. The number of nitrogens with zero attached hydrogens (tertiary/aromatic N) is 3. The van der Waals surface area contributed by atoms with Crippen molar-refractivity contribution in [1.29, 1.82) is 0 Å². The molecule has 1 N–H and O–H groups in total. The van der Waals surface area contributed by atoms with Crippen LogP contribution < -0.4 is 5.32 Å². The summed E-state index contributed by atoms with van der Waals surface area (Å²) in [6.45, 7) is 5.66. The van der Waals surface area contributed by atoms with Gasteiger partial charge in [0.15, 0.2) is 0 Å². The van der Waals surface area contributed by atoms with Gasteiger partial charge in [0.1, 0.15) is 0 Å². The molecule has 1 aliphatic rings. The third-order valence-electron chi connectivity index (χ3n) is 5.28. The zero-order valence-corrected chi connectivity index (χ0v) is 17.4. The lowest BCUT2D eigenvalue weighted by Gasteiger charge is -2.31. The van der Waals surface area contributed by atoms with Crippen LogP contribution in [0.2, 0.25) is 0 Å². The third-order valence-corrected chi connectivity index (χ3v) is 7.19. The second-order valence-electron chi connectivity index (χ2n) is 7.68. The van der Waals surface area contributed by atoms with Crippen molar-refractivity contribution in [3.05, 3.63) is 47.8 Å². The van der Waals surface area contributed by atoms with Gasteiger partial charge in [-0.05, 0) is 42.4 Å². The predicted octanol–water partition coefficient (Wildman–Crippen LogP) is 2.37. The Balaban J connectivity index is 1.53. The van der Waals surface area contributed by atoms with Crippen molar-refractivity contribution in [2.75, 3.05) is 19.6 Å². The number of carbonyl (C=O) groups is 1. The largest absolute Gasteiger partial charge is 0.352 e. The number of rotatable bonds is 6. The van der Waals surface area contributed by atoms with Crippen molar-refractivity contribution >= 4 is 15.9 Å². The van der Waals surface area contributed by atoms with E-state index in [0.29, 0.717) is 36.0 Å². The molecule has 1 aromatic heterocycles. The van der Waals surface area contributed by atoms with Crippen LogP contribution in [0.5, 0.6) is 0 Å². The Morgan fingerprint density at radius 3 is 2.39 bits per heavy atom. The molecule has 1 aromatic carbocycles. The number of nitrogens with one attached hydrogen (secondary N) is 1. The first-order chi connectivity index (χ1) is 13.3. The van der Waals surface area contributed by atoms with Crippen LogP contribution in [0.1, 0.15) is 48.5 Å². The highest BCUT2D eigenvalue weighted by atomic mass is 32.2. The molecule has 8 heteroatoms. The second-order valence-corrected chi connectivity index (χ2v) is 9.62. The average molecular weight is 405 g/mol. The van der Waals surface area contributed by atoms with Crippen molar-refractivity contribution in [3.8, 4) is 0 Å². The number of aryl methyl sites for hydroxylation is 1. The van der Waals surface area contributed by atoms with E-state index in [1.165, 1.54) is 6.20 Å². The molecule has 0 unspecified atom stereocenters. The lowest BCUT2D eigenvalue weighted by Crippen LogP contribution is -2.41. The first-order valence-electron chi connectivity index (χ1n) is 9.64. The predicted molar refractivity (Wildman–Crippen MR) is 108 cm³/mol. The number of amides is 1. The van der Waals surface area contributed by atoms with Crippen LogP contribution in [0.25, 0.3) is 0 Å². The fourth-order valence-electron chi connectivity index (χ4n) is 3.41. The van der Waals surface area contributed by atoms with Gasteiger partial charge in [0, 0.05) is 32.9 Å². The Bertz CT molecular complexity index is 911. The van der Waals surface area contributed by atoms with Gasteiger partial charge in [0.25, 0.3) is 5.91 Å². The first-order valence-corrected chi connectivity index (χ1v) is 11.1. The molecule has 3 rings (SSSR count). The molecule has 1 saturated heterocycles. The van der Waals surface area contributed by atoms with E-state index < -0.39 is 10.0 Å². The van der Waals surface area contributed by atoms with Gasteiger partial charge in [-0.15, -0.1) is 0 Å². The van der Waals surface area contributed by atoms with E-state index in [0.717, 1.165) is 18.4 Å². The van der Waals surface area contributed by atoms with Gasteiger partial charge in [-0.3, -0.25) is 9.48 Å². The number of hydrogen-bond donors (Lipinski definition) is 1. The van der Waals surface area contributed by atoms with E-state index in [4.69, 9.17) is 0 Å². The molecule has 1 fully saturated rings. The Labute approximate surface area is 166 Å². The van der Waals surface area contributed by atoms with Crippen molar-refractivity contribution in [3.63, 3.8) is 0 Å². The molecule has 0 bridgehead atoms. The van der Waals surface area contributed by atoms with Crippen molar-refractivity contribution < 1.29 is 13.2 Å². The molecule has 1 aliphatic heterocycles. The molecule has 0 saturated carbocycles. The van der Waals surface area contributed by atoms with Gasteiger partial charge < -0.3 is 5.32 Å². The Morgan fingerprint density at radius 2 is 1.86 bits per heavy atom. The Kier molecular flexibility index (Phi) is 6.20. The summed E-state index contributed by atoms with van der Waals surface area (Å²) in [6.07, 6.45) is 4.68. The number of piperidine rings is 1. The topological polar surface area (TPSA) is 84.3 Å². The average Bonchev–Trinajstić information content (AvgIpc) is 3.13. The monoisotopic (exact) mass is 404 g/mol. The molecule has 2 aromatic rings. The standard InChI is InChI=1S/C20H28N4O3S/c1-15(2)17-4-6-19(7-5-17)28(26,27)24-10-8-16(9-11-24)12-21-20(25)18-13-22-23(3)14-18/h4-7,13-16H,8-12H2,1-3H3,(H,21,25). The van der Waals surface area contributed by atoms with Gasteiger partial charge in [-0.1, -0.05) is 26.0 Å². The van der Waals surface area contributed by atoms with Gasteiger partial charge >= 0.3 is 0 Å². The maximum atomic E-state index is 12.9. The van der Waals surface area contributed by atoms with Crippen molar-refractivity contribution in [2.24, 2.45) is 13.0 Å². The summed E-state index contributed by atoms with van der Waals surface area (Å²) in [4.78, 5) is 12.5. The normalized spacial score (nSPS) is 16.4. The minimum Gasteiger partial charge on any atom is -0.352 e. The van der Waals surface area contributed by atoms with E-state index >= 15 is 0 Å². The van der Waals surface area contributed by atoms with Crippen molar-refractivity contribution in [1.82, 2.24) is 19.4 Å². The summed E-state index contributed by atoms with van der Waals surface area (Å²) in [5, 5.41) is 6.92. The number of aromatic nitrogens is 2. The van der Waals surface area contributed by atoms with Crippen LogP contribution in [0.4, 0.5) is 0 Å². The van der Waals surface area contributed by atoms with Crippen LogP contribution >= 0.6 is 0 Å². The zero-order valence-electron chi connectivity index (χ0n) is 16.6. The summed E-state index contributed by atoms with van der Waals surface area (Å²) in [5.74, 6) is 0.498. The molecule has 0 spiro atoms. The summed E-state index contributed by atoms with van der Waals surface area (Å²) < 4.78 is 28.9. The van der Waals surface area contributed by atoms with E-state index in [1.807, 2.05) is 12.1 Å². The molecule has 28 heavy (non-hydrogen) atoms. The summed E-state index contributed by atoms with van der Waals surface area (Å²) in [5.41, 5.74) is 1.66. The summed E-state index contributed by atoms with van der Waals surface area (Å²) >= 11 is 0. The van der Waals surface area contributed by atoms with Gasteiger partial charge in [-0.25, -0.2) is 8.42 Å². The summed E-state index contributed by atoms with van der Waals surface area (Å²) in [7, 11) is -1.70. The molecule has 0 aliphatic carbocycles. The molecular weight excluding hydrogens is 376 g/mol. The quantitative estimate of drug-likeness (QED) is 0.801. The zero-order chi connectivity index (χ0) is 20.3. The van der Waals surface area contributed by atoms with E-state index in [-0.39, 0.29) is 11.8 Å². The summed E-state index contributed by atoms with van der Waals surface area (Å²) in [6, 6.07) is 7.17. The van der Waals surface area contributed by atoms with E-state index in [2.05, 4.69) is 24.3 Å². The van der Waals surface area contributed by atoms with Gasteiger partial charge in [0.2, 0.25) is 10.0 Å². The molecule has 0 radical (unpaired) electrons. The lowest BCUT2D eigenvalue weighted by molar-refractivity contribution is 0.0941. The van der Waals surface area contributed by atoms with E-state index in [1.54, 1.807) is 34.4 Å². The van der Waals surface area contributed by atoms with Crippen LogP contribution in [-0.2, 0) is 17.1 Å². The number of sulfonamides is 1.